The SMILES string of the molecule is NC(=O)C(CCCc1ccc(CN(CCO)CCc2coc3ccccc23)cc1)OCc1ccc(F)cc1. The van der Waals surface area contributed by atoms with Gasteiger partial charge in [-0.05, 0) is 66.1 Å². The molecule has 7 heteroatoms. The van der Waals surface area contributed by atoms with Crippen LogP contribution in [0.3, 0.4) is 0 Å². The summed E-state index contributed by atoms with van der Waals surface area (Å²) in [6, 6.07) is 22.5. The van der Waals surface area contributed by atoms with Crippen LogP contribution in [0.4, 0.5) is 4.39 Å². The highest BCUT2D eigenvalue weighted by Crippen LogP contribution is 2.21. The van der Waals surface area contributed by atoms with E-state index in [1.54, 1.807) is 12.1 Å². The molecule has 0 radical (unpaired) electrons. The van der Waals surface area contributed by atoms with Crippen LogP contribution in [-0.2, 0) is 35.5 Å². The van der Waals surface area contributed by atoms with E-state index in [9.17, 15) is 14.3 Å². The summed E-state index contributed by atoms with van der Waals surface area (Å²) in [6.45, 7) is 2.48. The Morgan fingerprint density at radius 2 is 1.66 bits per heavy atom. The second kappa shape index (κ2) is 13.9. The first-order chi connectivity index (χ1) is 18.5. The summed E-state index contributed by atoms with van der Waals surface area (Å²) in [4.78, 5) is 14.1. The first-order valence-electron chi connectivity index (χ1n) is 13.0. The molecule has 0 spiro atoms. The van der Waals surface area contributed by atoms with Gasteiger partial charge in [0.15, 0.2) is 0 Å². The van der Waals surface area contributed by atoms with E-state index in [1.165, 1.54) is 28.8 Å². The highest BCUT2D eigenvalue weighted by atomic mass is 19.1. The number of aryl methyl sites for hydroxylation is 1. The molecule has 4 rings (SSSR count). The predicted molar refractivity (Wildman–Crippen MR) is 146 cm³/mol. The smallest absolute Gasteiger partial charge is 0.246 e. The average Bonchev–Trinajstić information content (AvgIpc) is 3.34. The summed E-state index contributed by atoms with van der Waals surface area (Å²) < 4.78 is 24.4. The summed E-state index contributed by atoms with van der Waals surface area (Å²) in [5, 5.41) is 10.7. The van der Waals surface area contributed by atoms with Gasteiger partial charge in [0.1, 0.15) is 17.5 Å². The fraction of sp³-hybridized carbons (Fsp3) is 0.323. The van der Waals surface area contributed by atoms with Gasteiger partial charge in [0, 0.05) is 25.0 Å². The fourth-order valence-electron chi connectivity index (χ4n) is 4.56. The first kappa shape index (κ1) is 27.5. The summed E-state index contributed by atoms with van der Waals surface area (Å²) in [7, 11) is 0. The van der Waals surface area contributed by atoms with Crippen molar-refractivity contribution in [2.75, 3.05) is 19.7 Å². The zero-order valence-corrected chi connectivity index (χ0v) is 21.5. The maximum Gasteiger partial charge on any atom is 0.246 e. The van der Waals surface area contributed by atoms with Crippen LogP contribution in [0.2, 0.25) is 0 Å². The van der Waals surface area contributed by atoms with Crippen LogP contribution in [-0.4, -0.2) is 41.7 Å². The Bertz CT molecular complexity index is 1290. The minimum atomic E-state index is -0.682. The number of carbonyl (C=O) groups is 1. The Kier molecular flexibility index (Phi) is 10.0. The lowest BCUT2D eigenvalue weighted by Crippen LogP contribution is -2.31. The maximum absolute atomic E-state index is 13.1. The molecular weight excluding hydrogens is 483 g/mol. The highest BCUT2D eigenvalue weighted by molar-refractivity contribution is 5.80. The minimum Gasteiger partial charge on any atom is -0.464 e. The summed E-state index contributed by atoms with van der Waals surface area (Å²) in [6.07, 6.45) is 4.07. The number of rotatable bonds is 15. The van der Waals surface area contributed by atoms with E-state index in [0.717, 1.165) is 48.9 Å². The van der Waals surface area contributed by atoms with Gasteiger partial charge in [0.25, 0.3) is 0 Å². The molecule has 4 aromatic rings. The van der Waals surface area contributed by atoms with E-state index in [4.69, 9.17) is 14.9 Å². The Hall–Kier alpha value is -3.52. The normalized spacial score (nSPS) is 12.3. The molecule has 1 heterocycles. The molecule has 0 aliphatic carbocycles. The Morgan fingerprint density at radius 3 is 2.39 bits per heavy atom. The number of hydrogen-bond donors (Lipinski definition) is 2. The zero-order chi connectivity index (χ0) is 26.7. The predicted octanol–water partition coefficient (Wildman–Crippen LogP) is 5.00. The van der Waals surface area contributed by atoms with Crippen molar-refractivity contribution in [1.82, 2.24) is 4.90 Å². The van der Waals surface area contributed by atoms with Gasteiger partial charge in [-0.1, -0.05) is 54.6 Å². The van der Waals surface area contributed by atoms with Crippen molar-refractivity contribution in [2.45, 2.75) is 44.9 Å². The standard InChI is InChI=1S/C31H35FN2O4/c32-27-14-12-25(13-15-27)21-37-30(31(33)36)7-3-4-23-8-10-24(11-9-23)20-34(18-19-35)17-16-26-22-38-29-6-2-1-5-28(26)29/h1-2,5-6,8-15,22,30,35H,3-4,7,16-21H2,(H2,33,36). The lowest BCUT2D eigenvalue weighted by molar-refractivity contribution is -0.130. The lowest BCUT2D eigenvalue weighted by Gasteiger charge is -2.21. The quantitative estimate of drug-likeness (QED) is 0.231. The van der Waals surface area contributed by atoms with Gasteiger partial charge in [0.2, 0.25) is 5.91 Å². The van der Waals surface area contributed by atoms with Crippen molar-refractivity contribution in [1.29, 1.82) is 0 Å². The number of ether oxygens (including phenoxy) is 1. The van der Waals surface area contributed by atoms with Crippen LogP contribution in [0.25, 0.3) is 11.0 Å². The lowest BCUT2D eigenvalue weighted by atomic mass is 10.0. The number of aliphatic hydroxyl groups excluding tert-OH is 1. The molecule has 1 aromatic heterocycles. The van der Waals surface area contributed by atoms with Gasteiger partial charge in [-0.3, -0.25) is 9.69 Å². The van der Waals surface area contributed by atoms with E-state index >= 15 is 0 Å². The third-order valence-electron chi connectivity index (χ3n) is 6.72. The van der Waals surface area contributed by atoms with Gasteiger partial charge >= 0.3 is 0 Å². The molecule has 0 fully saturated rings. The van der Waals surface area contributed by atoms with Gasteiger partial charge in [-0.2, -0.15) is 0 Å². The monoisotopic (exact) mass is 518 g/mol. The first-order valence-corrected chi connectivity index (χ1v) is 13.0. The zero-order valence-electron chi connectivity index (χ0n) is 21.5. The number of carbonyl (C=O) groups excluding carboxylic acids is 1. The number of amides is 1. The van der Waals surface area contributed by atoms with Crippen molar-refractivity contribution in [3.05, 3.63) is 107 Å². The largest absolute Gasteiger partial charge is 0.464 e. The van der Waals surface area contributed by atoms with Gasteiger partial charge < -0.3 is 20.0 Å². The van der Waals surface area contributed by atoms with Gasteiger partial charge in [0.05, 0.1) is 19.5 Å². The number of primary amides is 1. The molecular formula is C31H35FN2O4. The van der Waals surface area contributed by atoms with Crippen LogP contribution in [0, 0.1) is 5.82 Å². The molecule has 38 heavy (non-hydrogen) atoms. The topological polar surface area (TPSA) is 88.9 Å². The van der Waals surface area contributed by atoms with Gasteiger partial charge in [-0.15, -0.1) is 0 Å². The minimum absolute atomic E-state index is 0.106. The Morgan fingerprint density at radius 1 is 0.947 bits per heavy atom. The molecule has 0 bridgehead atoms. The van der Waals surface area contributed by atoms with E-state index in [1.807, 2.05) is 24.5 Å². The van der Waals surface area contributed by atoms with Crippen molar-refractivity contribution >= 4 is 16.9 Å². The van der Waals surface area contributed by atoms with E-state index < -0.39 is 12.0 Å². The molecule has 0 saturated heterocycles. The molecule has 3 aromatic carbocycles. The average molecular weight is 519 g/mol. The molecule has 0 aliphatic heterocycles. The van der Waals surface area contributed by atoms with Crippen molar-refractivity contribution in [3.63, 3.8) is 0 Å². The molecule has 0 saturated carbocycles. The van der Waals surface area contributed by atoms with E-state index in [-0.39, 0.29) is 19.0 Å². The third-order valence-corrected chi connectivity index (χ3v) is 6.72. The number of aliphatic hydroxyl groups is 1. The number of nitrogens with two attached hydrogens (primary N) is 1. The second-order valence-electron chi connectivity index (χ2n) is 9.54. The summed E-state index contributed by atoms with van der Waals surface area (Å²) >= 11 is 0. The van der Waals surface area contributed by atoms with Crippen LogP contribution in [0.15, 0.2) is 83.5 Å². The fourth-order valence-corrected chi connectivity index (χ4v) is 4.56. The Balaban J connectivity index is 1.24. The number of furan rings is 1. The molecule has 1 atom stereocenters. The van der Waals surface area contributed by atoms with Crippen LogP contribution < -0.4 is 5.73 Å². The number of nitrogens with zero attached hydrogens (tertiary/aromatic N) is 1. The van der Waals surface area contributed by atoms with Crippen LogP contribution in [0.5, 0.6) is 0 Å². The number of halogens is 1. The van der Waals surface area contributed by atoms with E-state index in [2.05, 4.69) is 35.2 Å². The van der Waals surface area contributed by atoms with Crippen molar-refractivity contribution in [2.24, 2.45) is 5.73 Å². The van der Waals surface area contributed by atoms with Crippen LogP contribution in [0.1, 0.15) is 35.1 Å². The summed E-state index contributed by atoms with van der Waals surface area (Å²) in [5.41, 5.74) is 10.7. The van der Waals surface area contributed by atoms with E-state index in [0.29, 0.717) is 13.0 Å². The number of benzene rings is 3. The summed E-state index contributed by atoms with van der Waals surface area (Å²) in [5.74, 6) is -0.801. The highest BCUT2D eigenvalue weighted by Gasteiger charge is 2.16. The number of fused-ring (bicyclic) bond motifs is 1. The maximum atomic E-state index is 13.1. The Labute approximate surface area is 222 Å². The number of hydrogen-bond acceptors (Lipinski definition) is 5. The van der Waals surface area contributed by atoms with Crippen molar-refractivity contribution < 1.29 is 23.4 Å². The van der Waals surface area contributed by atoms with Gasteiger partial charge in [-0.25, -0.2) is 4.39 Å². The van der Waals surface area contributed by atoms with Crippen LogP contribution >= 0.6 is 0 Å². The second-order valence-corrected chi connectivity index (χ2v) is 9.54. The molecule has 1 unspecified atom stereocenters. The molecule has 200 valence electrons. The molecule has 0 aliphatic rings. The third kappa shape index (κ3) is 7.99. The van der Waals surface area contributed by atoms with Crippen molar-refractivity contribution in [3.8, 4) is 0 Å². The molecule has 3 N–H and O–H groups in total. The molecule has 1 amide bonds. The molecule has 6 nitrogen and oxygen atoms in total. The number of para-hydroxylation sites is 1.